The normalized spacial score (nSPS) is 19.2. The van der Waals surface area contributed by atoms with Crippen molar-refractivity contribution in [2.45, 2.75) is 73.1 Å². The molecule has 0 bridgehead atoms. The number of hydrogen-bond acceptors (Lipinski definition) is 3. The van der Waals surface area contributed by atoms with Gasteiger partial charge in [-0.05, 0) is 56.7 Å². The number of rotatable bonds is 7. The Kier molecular flexibility index (Phi) is 12.3. The molecule has 1 saturated heterocycles. The summed E-state index contributed by atoms with van der Waals surface area (Å²) in [5.74, 6) is 1.29. The lowest BCUT2D eigenvalue weighted by Crippen LogP contribution is -2.47. The molecule has 0 saturated carbocycles. The number of anilines is 1. The van der Waals surface area contributed by atoms with E-state index in [0.717, 1.165) is 43.3 Å². The molecule has 1 aromatic carbocycles. The van der Waals surface area contributed by atoms with Gasteiger partial charge in [0.15, 0.2) is 5.96 Å². The molecule has 0 aromatic heterocycles. The predicted molar refractivity (Wildman–Crippen MR) is 144 cm³/mol. The third kappa shape index (κ3) is 9.94. The highest BCUT2D eigenvalue weighted by molar-refractivity contribution is 14.0. The van der Waals surface area contributed by atoms with E-state index in [9.17, 15) is 4.79 Å². The van der Waals surface area contributed by atoms with Gasteiger partial charge in [0.05, 0.1) is 12.6 Å². The number of aliphatic imine (C=N–C) groups is 1. The molecule has 0 aliphatic carbocycles. The molecular formula is C24H42IN5O2. The first kappa shape index (κ1) is 28.5. The quantitative estimate of drug-likeness (QED) is 0.221. The van der Waals surface area contributed by atoms with Crippen molar-refractivity contribution in [3.8, 4) is 0 Å². The fourth-order valence-electron chi connectivity index (χ4n) is 3.87. The van der Waals surface area contributed by atoms with Crippen molar-refractivity contribution < 1.29 is 9.53 Å². The van der Waals surface area contributed by atoms with Crippen LogP contribution in [0.4, 0.5) is 10.5 Å². The summed E-state index contributed by atoms with van der Waals surface area (Å²) >= 11 is 0. The molecule has 0 radical (unpaired) electrons. The van der Waals surface area contributed by atoms with E-state index in [4.69, 9.17) is 9.73 Å². The van der Waals surface area contributed by atoms with E-state index in [0.29, 0.717) is 12.5 Å². The summed E-state index contributed by atoms with van der Waals surface area (Å²) in [5.41, 5.74) is 1.98. The van der Waals surface area contributed by atoms with E-state index in [2.05, 4.69) is 49.0 Å². The van der Waals surface area contributed by atoms with Crippen LogP contribution in [-0.4, -0.2) is 43.8 Å². The molecule has 1 fully saturated rings. The Morgan fingerprint density at radius 3 is 2.47 bits per heavy atom. The third-order valence-corrected chi connectivity index (χ3v) is 5.23. The molecule has 2 atom stereocenters. The Morgan fingerprint density at radius 1 is 1.19 bits per heavy atom. The number of guanidine groups is 1. The van der Waals surface area contributed by atoms with Gasteiger partial charge in [0, 0.05) is 37.3 Å². The number of urea groups is 1. The molecule has 32 heavy (non-hydrogen) atoms. The predicted octanol–water partition coefficient (Wildman–Crippen LogP) is 4.73. The molecule has 7 nitrogen and oxygen atoms in total. The van der Waals surface area contributed by atoms with Crippen LogP contribution >= 0.6 is 24.0 Å². The maximum Gasteiger partial charge on any atom is 0.319 e. The molecule has 2 amide bonds. The van der Waals surface area contributed by atoms with Crippen molar-refractivity contribution >= 4 is 41.7 Å². The highest BCUT2D eigenvalue weighted by Crippen LogP contribution is 2.33. The van der Waals surface area contributed by atoms with E-state index < -0.39 is 0 Å². The van der Waals surface area contributed by atoms with Gasteiger partial charge < -0.3 is 26.0 Å². The zero-order valence-corrected chi connectivity index (χ0v) is 22.8. The average Bonchev–Trinajstić information content (AvgIpc) is 2.70. The van der Waals surface area contributed by atoms with Crippen molar-refractivity contribution in [3.63, 3.8) is 0 Å². The highest BCUT2D eigenvalue weighted by Gasteiger charge is 2.35. The van der Waals surface area contributed by atoms with E-state index in [1.54, 1.807) is 0 Å². The first-order chi connectivity index (χ1) is 14.7. The lowest BCUT2D eigenvalue weighted by atomic mass is 9.78. The second-order valence-corrected chi connectivity index (χ2v) is 9.59. The molecule has 2 unspecified atom stereocenters. The number of amides is 2. The van der Waals surface area contributed by atoms with Crippen molar-refractivity contribution in [3.05, 3.63) is 29.8 Å². The molecule has 182 valence electrons. The summed E-state index contributed by atoms with van der Waals surface area (Å²) in [7, 11) is 0. The minimum atomic E-state index is -0.195. The van der Waals surface area contributed by atoms with E-state index >= 15 is 0 Å². The van der Waals surface area contributed by atoms with Gasteiger partial charge in [-0.15, -0.1) is 24.0 Å². The Labute approximate surface area is 211 Å². The summed E-state index contributed by atoms with van der Waals surface area (Å²) in [6.07, 6.45) is 2.54. The van der Waals surface area contributed by atoms with Gasteiger partial charge in [0.1, 0.15) is 0 Å². The zero-order chi connectivity index (χ0) is 22.9. The summed E-state index contributed by atoms with van der Waals surface area (Å²) in [6.45, 7) is 15.8. The Hall–Kier alpha value is -1.55. The van der Waals surface area contributed by atoms with Crippen LogP contribution in [0, 0.1) is 11.3 Å². The topological polar surface area (TPSA) is 86.8 Å². The molecule has 1 aliphatic heterocycles. The van der Waals surface area contributed by atoms with Gasteiger partial charge in [-0.1, -0.05) is 32.9 Å². The van der Waals surface area contributed by atoms with Crippen LogP contribution in [0.3, 0.4) is 0 Å². The van der Waals surface area contributed by atoms with Gasteiger partial charge in [-0.3, -0.25) is 0 Å². The minimum absolute atomic E-state index is 0. The Balaban J connectivity index is 0.00000512. The van der Waals surface area contributed by atoms with Crippen molar-refractivity contribution in [1.82, 2.24) is 16.0 Å². The van der Waals surface area contributed by atoms with Crippen LogP contribution in [0.2, 0.25) is 0 Å². The first-order valence-electron chi connectivity index (χ1n) is 11.5. The maximum absolute atomic E-state index is 11.8. The van der Waals surface area contributed by atoms with Crippen molar-refractivity contribution in [2.75, 3.05) is 25.0 Å². The first-order valence-corrected chi connectivity index (χ1v) is 11.5. The smallest absolute Gasteiger partial charge is 0.319 e. The molecule has 4 N–H and O–H groups in total. The summed E-state index contributed by atoms with van der Waals surface area (Å²) in [6, 6.07) is 7.69. The zero-order valence-electron chi connectivity index (χ0n) is 20.5. The number of benzene rings is 1. The number of ether oxygens (including phenoxy) is 1. The van der Waals surface area contributed by atoms with Crippen LogP contribution < -0.4 is 21.3 Å². The number of carbonyl (C=O) groups is 1. The van der Waals surface area contributed by atoms with E-state index in [1.165, 1.54) is 6.42 Å². The van der Waals surface area contributed by atoms with Gasteiger partial charge in [-0.25, -0.2) is 9.79 Å². The van der Waals surface area contributed by atoms with Crippen LogP contribution in [0.1, 0.15) is 59.9 Å². The molecule has 0 spiro atoms. The SMILES string of the molecule is CCNC(=NCc1ccc(NC(=O)NC(C)C)cc1)NCC1CCCOC1C(C)(C)C.I. The standard InChI is InChI=1S/C24H41N5O2.HI/c1-7-25-22(27-16-19-9-8-14-31-21(19)24(4,5)6)26-15-18-10-12-20(13-11-18)29-23(30)28-17(2)3;/h10-13,17,19,21H,7-9,14-16H2,1-6H3,(H2,25,26,27)(H2,28,29,30);1H. The number of halogens is 1. The Morgan fingerprint density at radius 2 is 1.88 bits per heavy atom. The second-order valence-electron chi connectivity index (χ2n) is 9.59. The van der Waals surface area contributed by atoms with Crippen LogP contribution in [0.5, 0.6) is 0 Å². The third-order valence-electron chi connectivity index (χ3n) is 5.23. The second kappa shape index (κ2) is 13.9. The number of hydrogen-bond donors (Lipinski definition) is 4. The molecule has 1 aromatic rings. The molecule has 2 rings (SSSR count). The maximum atomic E-state index is 11.8. The summed E-state index contributed by atoms with van der Waals surface area (Å²) in [5, 5.41) is 12.5. The lowest BCUT2D eigenvalue weighted by molar-refractivity contribution is -0.0835. The van der Waals surface area contributed by atoms with Crippen molar-refractivity contribution in [1.29, 1.82) is 0 Å². The number of nitrogens with zero attached hydrogens (tertiary/aromatic N) is 1. The number of nitrogens with one attached hydrogen (secondary N) is 4. The minimum Gasteiger partial charge on any atom is -0.377 e. The monoisotopic (exact) mass is 559 g/mol. The summed E-state index contributed by atoms with van der Waals surface area (Å²) < 4.78 is 6.10. The Bertz CT molecular complexity index is 716. The summed E-state index contributed by atoms with van der Waals surface area (Å²) in [4.78, 5) is 16.6. The highest BCUT2D eigenvalue weighted by atomic mass is 127. The van der Waals surface area contributed by atoms with Crippen LogP contribution in [0.25, 0.3) is 0 Å². The van der Waals surface area contributed by atoms with Gasteiger partial charge in [0.25, 0.3) is 0 Å². The van der Waals surface area contributed by atoms with Gasteiger partial charge >= 0.3 is 6.03 Å². The lowest BCUT2D eigenvalue weighted by Gasteiger charge is -2.40. The van der Waals surface area contributed by atoms with E-state index in [1.807, 2.05) is 38.1 Å². The van der Waals surface area contributed by atoms with Crippen LogP contribution in [0.15, 0.2) is 29.3 Å². The van der Waals surface area contributed by atoms with Gasteiger partial charge in [0.2, 0.25) is 0 Å². The number of carbonyl (C=O) groups excluding carboxylic acids is 1. The van der Waals surface area contributed by atoms with Crippen molar-refractivity contribution in [2.24, 2.45) is 16.3 Å². The average molecular weight is 560 g/mol. The molecule has 8 heteroatoms. The molecular weight excluding hydrogens is 517 g/mol. The molecule has 1 aliphatic rings. The molecule has 1 heterocycles. The largest absolute Gasteiger partial charge is 0.377 e. The van der Waals surface area contributed by atoms with Gasteiger partial charge in [-0.2, -0.15) is 0 Å². The fourth-order valence-corrected chi connectivity index (χ4v) is 3.87. The van der Waals surface area contributed by atoms with E-state index in [-0.39, 0.29) is 47.6 Å². The fraction of sp³-hybridized carbons (Fsp3) is 0.667. The van der Waals surface area contributed by atoms with Crippen LogP contribution in [-0.2, 0) is 11.3 Å².